The van der Waals surface area contributed by atoms with Gasteiger partial charge in [-0.25, -0.2) is 4.79 Å². The van der Waals surface area contributed by atoms with E-state index in [0.29, 0.717) is 5.56 Å². The highest BCUT2D eigenvalue weighted by Crippen LogP contribution is 2.22. The average Bonchev–Trinajstić information content (AvgIpc) is 2.15. The van der Waals surface area contributed by atoms with Gasteiger partial charge in [0, 0.05) is 4.47 Å². The van der Waals surface area contributed by atoms with Crippen molar-refractivity contribution in [1.82, 2.24) is 0 Å². The number of carbonyl (C=O) groups excluding carboxylic acids is 1. The summed E-state index contributed by atoms with van der Waals surface area (Å²) in [7, 11) is 1.41. The highest BCUT2D eigenvalue weighted by molar-refractivity contribution is 9.10. The molecule has 14 heavy (non-hydrogen) atoms. The van der Waals surface area contributed by atoms with Crippen LogP contribution in [0, 0.1) is 6.92 Å². The molecule has 1 aromatic carbocycles. The summed E-state index contributed by atoms with van der Waals surface area (Å²) in [6, 6.07) is 3.88. The summed E-state index contributed by atoms with van der Waals surface area (Å²) < 4.78 is 5.74. The van der Waals surface area contributed by atoms with Crippen LogP contribution in [-0.2, 0) is 11.2 Å². The third-order valence-electron chi connectivity index (χ3n) is 2.15. The molecule has 0 heterocycles. The van der Waals surface area contributed by atoms with Gasteiger partial charge < -0.3 is 4.74 Å². The van der Waals surface area contributed by atoms with Crippen LogP contribution in [0.2, 0.25) is 0 Å². The van der Waals surface area contributed by atoms with E-state index in [1.54, 1.807) is 0 Å². The molecule has 0 unspecified atom stereocenters. The first kappa shape index (κ1) is 11.2. The molecule has 0 saturated carbocycles. The SMILES string of the molecule is CCc1cc(Br)cc(C)c1C(=O)OC. The maximum atomic E-state index is 11.5. The van der Waals surface area contributed by atoms with Crippen LogP contribution in [0.4, 0.5) is 0 Å². The van der Waals surface area contributed by atoms with Crippen LogP contribution in [0.15, 0.2) is 16.6 Å². The molecule has 2 nitrogen and oxygen atoms in total. The molecule has 0 aliphatic carbocycles. The second-order valence-corrected chi connectivity index (χ2v) is 4.02. The minimum Gasteiger partial charge on any atom is -0.465 e. The predicted octanol–water partition coefficient (Wildman–Crippen LogP) is 3.11. The number of hydrogen-bond donors (Lipinski definition) is 0. The Balaban J connectivity index is 3.32. The van der Waals surface area contributed by atoms with Crippen molar-refractivity contribution in [1.29, 1.82) is 0 Å². The Bertz CT molecular complexity index is 359. The fraction of sp³-hybridized carbons (Fsp3) is 0.364. The Morgan fingerprint density at radius 3 is 2.64 bits per heavy atom. The predicted molar refractivity (Wildman–Crippen MR) is 59.6 cm³/mol. The summed E-state index contributed by atoms with van der Waals surface area (Å²) in [5.41, 5.74) is 2.66. The molecule has 0 N–H and O–H groups in total. The van der Waals surface area contributed by atoms with Crippen molar-refractivity contribution in [3.8, 4) is 0 Å². The zero-order chi connectivity index (χ0) is 10.7. The number of rotatable bonds is 2. The molecule has 0 aromatic heterocycles. The summed E-state index contributed by atoms with van der Waals surface area (Å²) in [5.74, 6) is -0.258. The zero-order valence-electron chi connectivity index (χ0n) is 8.56. The lowest BCUT2D eigenvalue weighted by Crippen LogP contribution is -2.07. The van der Waals surface area contributed by atoms with E-state index in [-0.39, 0.29) is 5.97 Å². The lowest BCUT2D eigenvalue weighted by molar-refractivity contribution is 0.0598. The third-order valence-corrected chi connectivity index (χ3v) is 2.61. The van der Waals surface area contributed by atoms with E-state index in [9.17, 15) is 4.79 Å². The van der Waals surface area contributed by atoms with Crippen LogP contribution >= 0.6 is 15.9 Å². The monoisotopic (exact) mass is 256 g/mol. The number of halogens is 1. The first-order valence-corrected chi connectivity index (χ1v) is 5.26. The number of esters is 1. The topological polar surface area (TPSA) is 26.3 Å². The van der Waals surface area contributed by atoms with Gasteiger partial charge in [0.2, 0.25) is 0 Å². The summed E-state index contributed by atoms with van der Waals surface area (Å²) in [4.78, 5) is 11.5. The van der Waals surface area contributed by atoms with E-state index in [4.69, 9.17) is 4.74 Å². The van der Waals surface area contributed by atoms with E-state index < -0.39 is 0 Å². The van der Waals surface area contributed by atoms with Crippen molar-refractivity contribution >= 4 is 21.9 Å². The Hall–Kier alpha value is -0.830. The number of methoxy groups -OCH3 is 1. The quantitative estimate of drug-likeness (QED) is 0.761. The van der Waals surface area contributed by atoms with Crippen molar-refractivity contribution in [3.63, 3.8) is 0 Å². The van der Waals surface area contributed by atoms with Gasteiger partial charge in [-0.05, 0) is 36.6 Å². The largest absolute Gasteiger partial charge is 0.465 e. The second kappa shape index (κ2) is 4.60. The van der Waals surface area contributed by atoms with E-state index in [1.807, 2.05) is 26.0 Å². The van der Waals surface area contributed by atoms with Gasteiger partial charge in [0.05, 0.1) is 12.7 Å². The molecule has 0 aliphatic heterocycles. The van der Waals surface area contributed by atoms with Crippen molar-refractivity contribution in [2.75, 3.05) is 7.11 Å². The maximum Gasteiger partial charge on any atom is 0.338 e. The van der Waals surface area contributed by atoms with Crippen molar-refractivity contribution in [2.24, 2.45) is 0 Å². The van der Waals surface area contributed by atoms with Gasteiger partial charge >= 0.3 is 5.97 Å². The molecule has 0 saturated heterocycles. The highest BCUT2D eigenvalue weighted by atomic mass is 79.9. The smallest absolute Gasteiger partial charge is 0.338 e. The molecular weight excluding hydrogens is 244 g/mol. The second-order valence-electron chi connectivity index (χ2n) is 3.10. The van der Waals surface area contributed by atoms with E-state index in [0.717, 1.165) is 22.0 Å². The van der Waals surface area contributed by atoms with Gasteiger partial charge in [0.15, 0.2) is 0 Å². The summed E-state index contributed by atoms with van der Waals surface area (Å²) in [5, 5.41) is 0. The average molecular weight is 257 g/mol. The molecule has 0 amide bonds. The first-order chi connectivity index (χ1) is 6.60. The number of ether oxygens (including phenoxy) is 1. The molecule has 0 atom stereocenters. The van der Waals surface area contributed by atoms with E-state index in [1.165, 1.54) is 7.11 Å². The van der Waals surface area contributed by atoms with Gasteiger partial charge in [0.25, 0.3) is 0 Å². The molecule has 76 valence electrons. The summed E-state index contributed by atoms with van der Waals surface area (Å²) >= 11 is 3.41. The van der Waals surface area contributed by atoms with Crippen molar-refractivity contribution in [2.45, 2.75) is 20.3 Å². The van der Waals surface area contributed by atoms with Gasteiger partial charge in [-0.3, -0.25) is 0 Å². The normalized spacial score (nSPS) is 10.0. The van der Waals surface area contributed by atoms with Gasteiger partial charge in [-0.2, -0.15) is 0 Å². The van der Waals surface area contributed by atoms with Crippen LogP contribution in [0.25, 0.3) is 0 Å². The highest BCUT2D eigenvalue weighted by Gasteiger charge is 2.14. The lowest BCUT2D eigenvalue weighted by atomic mass is 10.0. The maximum absolute atomic E-state index is 11.5. The number of benzene rings is 1. The summed E-state index contributed by atoms with van der Waals surface area (Å²) in [6.45, 7) is 3.93. The third kappa shape index (κ3) is 2.15. The molecule has 0 spiro atoms. The molecule has 1 aromatic rings. The van der Waals surface area contributed by atoms with E-state index in [2.05, 4.69) is 15.9 Å². The Labute approximate surface area is 92.4 Å². The minimum absolute atomic E-state index is 0.258. The van der Waals surface area contributed by atoms with Crippen LogP contribution in [0.5, 0.6) is 0 Å². The fourth-order valence-corrected chi connectivity index (χ4v) is 2.11. The number of carbonyl (C=O) groups is 1. The van der Waals surface area contributed by atoms with Gasteiger partial charge in [-0.15, -0.1) is 0 Å². The van der Waals surface area contributed by atoms with Gasteiger partial charge in [0.1, 0.15) is 0 Å². The molecule has 0 fully saturated rings. The fourth-order valence-electron chi connectivity index (χ4n) is 1.49. The Morgan fingerprint density at radius 1 is 1.50 bits per heavy atom. The zero-order valence-corrected chi connectivity index (χ0v) is 10.1. The molecule has 3 heteroatoms. The van der Waals surface area contributed by atoms with E-state index >= 15 is 0 Å². The van der Waals surface area contributed by atoms with Crippen LogP contribution in [-0.4, -0.2) is 13.1 Å². The first-order valence-electron chi connectivity index (χ1n) is 4.47. The van der Waals surface area contributed by atoms with Crippen LogP contribution in [0.1, 0.15) is 28.4 Å². The number of aryl methyl sites for hydroxylation is 2. The molecule has 0 bridgehead atoms. The summed E-state index contributed by atoms with van der Waals surface area (Å²) in [6.07, 6.45) is 0.824. The van der Waals surface area contributed by atoms with Crippen LogP contribution < -0.4 is 0 Å². The molecule has 0 aliphatic rings. The Kier molecular flexibility index (Phi) is 3.69. The molecular formula is C11H13BrO2. The van der Waals surface area contributed by atoms with Crippen molar-refractivity contribution < 1.29 is 9.53 Å². The van der Waals surface area contributed by atoms with Gasteiger partial charge in [-0.1, -0.05) is 22.9 Å². The Morgan fingerprint density at radius 2 is 2.14 bits per heavy atom. The van der Waals surface area contributed by atoms with Crippen molar-refractivity contribution in [3.05, 3.63) is 33.3 Å². The van der Waals surface area contributed by atoms with Crippen LogP contribution in [0.3, 0.4) is 0 Å². The number of hydrogen-bond acceptors (Lipinski definition) is 2. The minimum atomic E-state index is -0.258. The molecule has 1 rings (SSSR count). The lowest BCUT2D eigenvalue weighted by Gasteiger charge is -2.09. The molecule has 0 radical (unpaired) electrons. The standard InChI is InChI=1S/C11H13BrO2/c1-4-8-6-9(12)5-7(2)10(8)11(13)14-3/h5-6H,4H2,1-3H3.